The molecule has 0 aliphatic rings. The molecule has 1 unspecified atom stereocenters. The van der Waals surface area contributed by atoms with Crippen LogP contribution in [-0.4, -0.2) is 15.0 Å². The van der Waals surface area contributed by atoms with Crippen molar-refractivity contribution >= 4 is 11.6 Å². The van der Waals surface area contributed by atoms with E-state index in [1.165, 1.54) is 12.1 Å². The molecule has 2 N–H and O–H groups in total. The van der Waals surface area contributed by atoms with Crippen molar-refractivity contribution in [2.24, 2.45) is 5.73 Å². The molecule has 0 aliphatic heterocycles. The lowest BCUT2D eigenvalue weighted by molar-refractivity contribution is 0.577. The minimum Gasteiger partial charge on any atom is -0.323 e. The van der Waals surface area contributed by atoms with Crippen LogP contribution >= 0.6 is 11.6 Å². The number of hydrogen-bond acceptors (Lipinski definition) is 3. The van der Waals surface area contributed by atoms with Gasteiger partial charge in [-0.15, -0.1) is 5.10 Å². The van der Waals surface area contributed by atoms with Crippen LogP contribution in [0.25, 0.3) is 0 Å². The van der Waals surface area contributed by atoms with Crippen LogP contribution in [0.1, 0.15) is 30.6 Å². The van der Waals surface area contributed by atoms with Gasteiger partial charge in [-0.1, -0.05) is 23.7 Å². The van der Waals surface area contributed by atoms with E-state index < -0.39 is 0 Å². The molecule has 1 aromatic carbocycles. The van der Waals surface area contributed by atoms with Gasteiger partial charge in [0.2, 0.25) is 0 Å². The van der Waals surface area contributed by atoms with Gasteiger partial charge in [-0.3, -0.25) is 0 Å². The third-order valence-corrected chi connectivity index (χ3v) is 2.95. The maximum Gasteiger partial charge on any atom is 0.128 e. The Kier molecular flexibility index (Phi) is 3.93. The van der Waals surface area contributed by atoms with Crippen LogP contribution in [0.15, 0.2) is 24.4 Å². The Bertz CT molecular complexity index is 541. The van der Waals surface area contributed by atoms with Gasteiger partial charge in [0.15, 0.2) is 0 Å². The van der Waals surface area contributed by atoms with E-state index in [-0.39, 0.29) is 18.4 Å². The monoisotopic (exact) mass is 268 g/mol. The Balaban J connectivity index is 2.18. The van der Waals surface area contributed by atoms with E-state index in [1.54, 1.807) is 16.9 Å². The highest BCUT2D eigenvalue weighted by Crippen LogP contribution is 2.16. The summed E-state index contributed by atoms with van der Waals surface area (Å²) in [5.74, 6) is -0.309. The van der Waals surface area contributed by atoms with E-state index in [4.69, 9.17) is 17.3 Å². The molecule has 0 aliphatic carbocycles. The fraction of sp³-hybridized carbons (Fsp3) is 0.333. The average Bonchev–Trinajstić information content (AvgIpc) is 2.81. The molecular weight excluding hydrogens is 255 g/mol. The summed E-state index contributed by atoms with van der Waals surface area (Å²) in [6, 6.07) is 4.30. The number of hydrogen-bond donors (Lipinski definition) is 1. The van der Waals surface area contributed by atoms with Crippen LogP contribution in [0, 0.1) is 5.82 Å². The van der Waals surface area contributed by atoms with Gasteiger partial charge in [0, 0.05) is 10.6 Å². The van der Waals surface area contributed by atoms with Gasteiger partial charge in [-0.25, -0.2) is 9.07 Å². The number of aromatic nitrogens is 3. The summed E-state index contributed by atoms with van der Waals surface area (Å²) in [4.78, 5) is 0. The second kappa shape index (κ2) is 5.46. The largest absolute Gasteiger partial charge is 0.323 e. The zero-order chi connectivity index (χ0) is 13.1. The van der Waals surface area contributed by atoms with Crippen LogP contribution in [-0.2, 0) is 6.54 Å². The summed E-state index contributed by atoms with van der Waals surface area (Å²) in [7, 11) is 0. The van der Waals surface area contributed by atoms with Crippen molar-refractivity contribution in [1.29, 1.82) is 0 Å². The third kappa shape index (κ3) is 2.86. The SMILES string of the molecule is CCC(N)c1cn(Cc2cc(Cl)ccc2F)nn1. The standard InChI is InChI=1S/C12H14ClFN4/c1-2-11(15)12-7-18(17-16-12)6-8-5-9(13)3-4-10(8)14/h3-5,7,11H,2,6,15H2,1H3. The number of nitrogens with zero attached hydrogens (tertiary/aromatic N) is 3. The Morgan fingerprint density at radius 2 is 2.28 bits per heavy atom. The molecule has 1 aromatic heterocycles. The zero-order valence-corrected chi connectivity index (χ0v) is 10.7. The smallest absolute Gasteiger partial charge is 0.128 e. The summed E-state index contributed by atoms with van der Waals surface area (Å²) >= 11 is 5.83. The first-order valence-corrected chi connectivity index (χ1v) is 6.07. The van der Waals surface area contributed by atoms with Gasteiger partial charge >= 0.3 is 0 Å². The molecular formula is C12H14ClFN4. The summed E-state index contributed by atoms with van der Waals surface area (Å²) in [6.45, 7) is 2.26. The van der Waals surface area contributed by atoms with E-state index in [0.29, 0.717) is 16.3 Å². The predicted molar refractivity (Wildman–Crippen MR) is 67.8 cm³/mol. The molecule has 2 aromatic rings. The second-order valence-electron chi connectivity index (χ2n) is 4.09. The van der Waals surface area contributed by atoms with Crippen LogP contribution in [0.2, 0.25) is 5.02 Å². The predicted octanol–water partition coefficient (Wildman–Crippen LogP) is 2.53. The minimum atomic E-state index is -0.309. The lowest BCUT2D eigenvalue weighted by atomic mass is 10.2. The Hall–Kier alpha value is -1.46. The first kappa shape index (κ1) is 13.0. The van der Waals surface area contributed by atoms with Crippen molar-refractivity contribution in [2.75, 3.05) is 0 Å². The molecule has 0 bridgehead atoms. The molecule has 1 heterocycles. The van der Waals surface area contributed by atoms with E-state index in [2.05, 4.69) is 10.3 Å². The minimum absolute atomic E-state index is 0.136. The second-order valence-corrected chi connectivity index (χ2v) is 4.53. The molecule has 0 amide bonds. The average molecular weight is 269 g/mol. The summed E-state index contributed by atoms with van der Waals surface area (Å²) in [5.41, 5.74) is 7.03. The fourth-order valence-electron chi connectivity index (χ4n) is 1.61. The first-order chi connectivity index (χ1) is 8.60. The highest BCUT2D eigenvalue weighted by Gasteiger charge is 2.10. The number of halogens is 2. The van der Waals surface area contributed by atoms with Gasteiger partial charge in [-0.05, 0) is 24.6 Å². The molecule has 1 atom stereocenters. The normalized spacial score (nSPS) is 12.7. The van der Waals surface area contributed by atoms with Gasteiger partial charge in [0.1, 0.15) is 5.82 Å². The summed E-state index contributed by atoms with van der Waals surface area (Å²) in [6.07, 6.45) is 2.51. The first-order valence-electron chi connectivity index (χ1n) is 5.69. The fourth-order valence-corrected chi connectivity index (χ4v) is 1.80. The van der Waals surface area contributed by atoms with Crippen molar-refractivity contribution in [1.82, 2.24) is 15.0 Å². The van der Waals surface area contributed by atoms with Gasteiger partial charge < -0.3 is 5.73 Å². The maximum absolute atomic E-state index is 13.5. The molecule has 18 heavy (non-hydrogen) atoms. The van der Waals surface area contributed by atoms with Crippen LogP contribution in [0.4, 0.5) is 4.39 Å². The van der Waals surface area contributed by atoms with Crippen molar-refractivity contribution in [3.8, 4) is 0 Å². The van der Waals surface area contributed by atoms with Crippen LogP contribution in [0.5, 0.6) is 0 Å². The number of nitrogens with two attached hydrogens (primary N) is 1. The van der Waals surface area contributed by atoms with Gasteiger partial charge in [0.25, 0.3) is 0 Å². The molecule has 96 valence electrons. The molecule has 0 spiro atoms. The van der Waals surface area contributed by atoms with Gasteiger partial charge in [-0.2, -0.15) is 0 Å². The number of benzene rings is 1. The van der Waals surface area contributed by atoms with Crippen LogP contribution < -0.4 is 5.73 Å². The van der Waals surface area contributed by atoms with Gasteiger partial charge in [0.05, 0.1) is 24.5 Å². The Labute approximate surface area is 110 Å². The van der Waals surface area contributed by atoms with E-state index in [9.17, 15) is 4.39 Å². The van der Waals surface area contributed by atoms with Crippen molar-refractivity contribution < 1.29 is 4.39 Å². The van der Waals surface area contributed by atoms with Crippen molar-refractivity contribution in [2.45, 2.75) is 25.9 Å². The molecule has 0 fully saturated rings. The summed E-state index contributed by atoms with van der Waals surface area (Å²) in [5, 5.41) is 8.39. The Morgan fingerprint density at radius 1 is 1.50 bits per heavy atom. The molecule has 2 rings (SSSR count). The topological polar surface area (TPSA) is 56.7 Å². The lowest BCUT2D eigenvalue weighted by Crippen LogP contribution is -2.08. The maximum atomic E-state index is 13.5. The Morgan fingerprint density at radius 3 is 3.00 bits per heavy atom. The van der Waals surface area contributed by atoms with E-state index >= 15 is 0 Å². The molecule has 0 saturated heterocycles. The third-order valence-electron chi connectivity index (χ3n) is 2.72. The van der Waals surface area contributed by atoms with Crippen LogP contribution in [0.3, 0.4) is 0 Å². The molecule has 4 nitrogen and oxygen atoms in total. The molecule has 0 radical (unpaired) electrons. The highest BCUT2D eigenvalue weighted by molar-refractivity contribution is 6.30. The van der Waals surface area contributed by atoms with Crippen molar-refractivity contribution in [3.05, 3.63) is 46.5 Å². The molecule has 0 saturated carbocycles. The quantitative estimate of drug-likeness (QED) is 0.927. The number of rotatable bonds is 4. The lowest BCUT2D eigenvalue weighted by Gasteiger charge is -2.04. The van der Waals surface area contributed by atoms with Crippen molar-refractivity contribution in [3.63, 3.8) is 0 Å². The summed E-state index contributed by atoms with van der Waals surface area (Å²) < 4.78 is 15.1. The highest BCUT2D eigenvalue weighted by atomic mass is 35.5. The van der Waals surface area contributed by atoms with E-state index in [1.807, 2.05) is 6.92 Å². The zero-order valence-electron chi connectivity index (χ0n) is 9.98. The molecule has 6 heteroatoms. The van der Waals surface area contributed by atoms with E-state index in [0.717, 1.165) is 6.42 Å².